The van der Waals surface area contributed by atoms with Crippen LogP contribution in [-0.4, -0.2) is 9.13 Å². The van der Waals surface area contributed by atoms with Crippen molar-refractivity contribution in [2.75, 3.05) is 0 Å². The maximum atomic E-state index is 6.15. The second kappa shape index (κ2) is 10.7. The standard InChI is InChI=1S/C42H23Br3N2O/c43-26-7-11-29(12-8-26)46-37-14-5-24(19-32(37)34-21-27(44)9-16-39(34)46)25-6-15-38-33(20-25)35-22-28(45)10-17-40(35)47(38)30-13-18-42-36(23-30)31-3-1-2-4-41(31)48-42/h1-23H. The quantitative estimate of drug-likeness (QED) is 0.174. The molecule has 3 nitrogen and oxygen atoms in total. The van der Waals surface area contributed by atoms with Gasteiger partial charge in [-0.2, -0.15) is 0 Å². The van der Waals surface area contributed by atoms with Crippen molar-refractivity contribution in [2.24, 2.45) is 0 Å². The fourth-order valence-corrected chi connectivity index (χ4v) is 8.34. The molecule has 228 valence electrons. The molecule has 0 aliphatic rings. The lowest BCUT2D eigenvalue weighted by atomic mass is 10.0. The van der Waals surface area contributed by atoms with E-state index in [-0.39, 0.29) is 0 Å². The van der Waals surface area contributed by atoms with Crippen molar-refractivity contribution >= 4 is 113 Å². The van der Waals surface area contributed by atoms with Crippen molar-refractivity contribution < 1.29 is 4.42 Å². The number of benzene rings is 7. The predicted octanol–water partition coefficient (Wildman–Crippen LogP) is 13.7. The van der Waals surface area contributed by atoms with E-state index in [2.05, 4.69) is 184 Å². The Kier molecular flexibility index (Phi) is 6.33. The molecule has 7 aromatic carbocycles. The van der Waals surface area contributed by atoms with E-state index in [1.807, 2.05) is 12.1 Å². The van der Waals surface area contributed by atoms with Gasteiger partial charge in [-0.25, -0.2) is 0 Å². The zero-order valence-electron chi connectivity index (χ0n) is 25.2. The maximum Gasteiger partial charge on any atom is 0.135 e. The van der Waals surface area contributed by atoms with Gasteiger partial charge in [0, 0.05) is 57.1 Å². The summed E-state index contributed by atoms with van der Waals surface area (Å²) in [7, 11) is 0. The molecule has 10 aromatic rings. The average Bonchev–Trinajstić information content (AvgIpc) is 3.75. The first-order valence-electron chi connectivity index (χ1n) is 15.7. The molecule has 6 heteroatoms. The molecule has 0 fully saturated rings. The van der Waals surface area contributed by atoms with E-state index in [1.54, 1.807) is 0 Å². The first-order chi connectivity index (χ1) is 23.5. The fraction of sp³-hybridized carbons (Fsp3) is 0. The number of aromatic nitrogens is 2. The van der Waals surface area contributed by atoms with E-state index in [1.165, 1.54) is 43.7 Å². The summed E-state index contributed by atoms with van der Waals surface area (Å²) in [6, 6.07) is 50.1. The van der Waals surface area contributed by atoms with Crippen LogP contribution in [0.2, 0.25) is 0 Å². The molecular weight excluding hydrogens is 788 g/mol. The molecule has 3 heterocycles. The molecule has 48 heavy (non-hydrogen) atoms. The third-order valence-electron chi connectivity index (χ3n) is 9.49. The van der Waals surface area contributed by atoms with Gasteiger partial charge in [-0.15, -0.1) is 0 Å². The topological polar surface area (TPSA) is 23.0 Å². The SMILES string of the molecule is Brc1ccc(-n2c3ccc(Br)cc3c3cc(-c4ccc5c(c4)c4cc(Br)ccc4n5-c4ccc5oc6ccccc6c5c4)ccc32)cc1. The minimum Gasteiger partial charge on any atom is -0.456 e. The Labute approximate surface area is 300 Å². The Hall–Kier alpha value is -4.62. The van der Waals surface area contributed by atoms with Gasteiger partial charge in [-0.3, -0.25) is 0 Å². The summed E-state index contributed by atoms with van der Waals surface area (Å²) in [5, 5.41) is 7.10. The van der Waals surface area contributed by atoms with Gasteiger partial charge in [0.25, 0.3) is 0 Å². The largest absolute Gasteiger partial charge is 0.456 e. The number of halogens is 3. The van der Waals surface area contributed by atoms with E-state index in [0.29, 0.717) is 0 Å². The van der Waals surface area contributed by atoms with Crippen molar-refractivity contribution in [3.05, 3.63) is 153 Å². The summed E-state index contributed by atoms with van der Waals surface area (Å²) in [6.45, 7) is 0. The molecule has 0 spiro atoms. The lowest BCUT2D eigenvalue weighted by Crippen LogP contribution is -1.93. The van der Waals surface area contributed by atoms with Crippen LogP contribution in [0.3, 0.4) is 0 Å². The molecule has 0 saturated heterocycles. The summed E-state index contributed by atoms with van der Waals surface area (Å²) >= 11 is 11.1. The summed E-state index contributed by atoms with van der Waals surface area (Å²) < 4.78 is 14.1. The van der Waals surface area contributed by atoms with Crippen LogP contribution in [0.1, 0.15) is 0 Å². The molecule has 0 aliphatic heterocycles. The number of para-hydroxylation sites is 1. The fourth-order valence-electron chi connectivity index (χ4n) is 7.35. The predicted molar refractivity (Wildman–Crippen MR) is 211 cm³/mol. The van der Waals surface area contributed by atoms with Gasteiger partial charge in [0.05, 0.1) is 22.1 Å². The van der Waals surface area contributed by atoms with Crippen LogP contribution in [0.25, 0.3) is 88.1 Å². The van der Waals surface area contributed by atoms with Crippen LogP contribution < -0.4 is 0 Å². The Morgan fingerprint density at radius 3 is 1.46 bits per heavy atom. The first-order valence-corrected chi connectivity index (χ1v) is 18.0. The third kappa shape index (κ3) is 4.29. The van der Waals surface area contributed by atoms with Gasteiger partial charge in [0.2, 0.25) is 0 Å². The second-order valence-electron chi connectivity index (χ2n) is 12.2. The van der Waals surface area contributed by atoms with Gasteiger partial charge in [0.1, 0.15) is 11.2 Å². The van der Waals surface area contributed by atoms with Crippen molar-refractivity contribution in [2.45, 2.75) is 0 Å². The highest BCUT2D eigenvalue weighted by Crippen LogP contribution is 2.40. The van der Waals surface area contributed by atoms with Gasteiger partial charge in [0.15, 0.2) is 0 Å². The number of nitrogens with zero attached hydrogens (tertiary/aromatic N) is 2. The summed E-state index contributed by atoms with van der Waals surface area (Å²) in [5.41, 5.74) is 11.1. The summed E-state index contributed by atoms with van der Waals surface area (Å²) in [5.74, 6) is 0. The van der Waals surface area contributed by atoms with Gasteiger partial charge in [-0.1, -0.05) is 78.1 Å². The molecule has 0 unspecified atom stereocenters. The molecule has 0 amide bonds. The Morgan fingerprint density at radius 2 is 0.833 bits per heavy atom. The van der Waals surface area contributed by atoms with Gasteiger partial charge in [-0.05, 0) is 120 Å². The molecule has 0 saturated carbocycles. The normalized spacial score (nSPS) is 12.1. The van der Waals surface area contributed by atoms with E-state index < -0.39 is 0 Å². The summed E-state index contributed by atoms with van der Waals surface area (Å²) in [4.78, 5) is 0. The van der Waals surface area contributed by atoms with Gasteiger partial charge < -0.3 is 13.6 Å². The van der Waals surface area contributed by atoms with E-state index in [0.717, 1.165) is 57.8 Å². The zero-order valence-corrected chi connectivity index (χ0v) is 30.0. The Morgan fingerprint density at radius 1 is 0.354 bits per heavy atom. The molecule has 3 aromatic heterocycles. The number of fused-ring (bicyclic) bond motifs is 9. The minimum absolute atomic E-state index is 0.898. The Balaban J connectivity index is 1.18. The number of furan rings is 1. The van der Waals surface area contributed by atoms with E-state index in [9.17, 15) is 0 Å². The van der Waals surface area contributed by atoms with Crippen LogP contribution in [0.4, 0.5) is 0 Å². The van der Waals surface area contributed by atoms with Crippen LogP contribution >= 0.6 is 47.8 Å². The first kappa shape index (κ1) is 28.4. The van der Waals surface area contributed by atoms with Crippen molar-refractivity contribution in [3.8, 4) is 22.5 Å². The average molecular weight is 811 g/mol. The number of rotatable bonds is 3. The molecule has 0 bridgehead atoms. The monoisotopic (exact) mass is 808 g/mol. The molecular formula is C42H23Br3N2O. The van der Waals surface area contributed by atoms with Crippen LogP contribution in [-0.2, 0) is 0 Å². The van der Waals surface area contributed by atoms with Crippen LogP contribution in [0.15, 0.2) is 157 Å². The molecule has 10 rings (SSSR count). The second-order valence-corrected chi connectivity index (χ2v) is 15.0. The molecule has 0 N–H and O–H groups in total. The highest BCUT2D eigenvalue weighted by atomic mass is 79.9. The Bertz CT molecular complexity index is 2930. The highest BCUT2D eigenvalue weighted by molar-refractivity contribution is 9.11. The van der Waals surface area contributed by atoms with Crippen LogP contribution in [0.5, 0.6) is 0 Å². The van der Waals surface area contributed by atoms with Crippen LogP contribution in [0, 0.1) is 0 Å². The molecule has 0 atom stereocenters. The van der Waals surface area contributed by atoms with Crippen molar-refractivity contribution in [1.82, 2.24) is 9.13 Å². The number of hydrogen-bond donors (Lipinski definition) is 0. The number of hydrogen-bond acceptors (Lipinski definition) is 1. The van der Waals surface area contributed by atoms with Crippen molar-refractivity contribution in [3.63, 3.8) is 0 Å². The lowest BCUT2D eigenvalue weighted by Gasteiger charge is -2.10. The minimum atomic E-state index is 0.898. The molecule has 0 aliphatic carbocycles. The highest BCUT2D eigenvalue weighted by Gasteiger charge is 2.18. The van der Waals surface area contributed by atoms with E-state index in [4.69, 9.17) is 4.42 Å². The van der Waals surface area contributed by atoms with E-state index >= 15 is 0 Å². The van der Waals surface area contributed by atoms with Crippen molar-refractivity contribution in [1.29, 1.82) is 0 Å². The molecule has 0 radical (unpaired) electrons. The third-order valence-corrected chi connectivity index (χ3v) is 11.0. The maximum absolute atomic E-state index is 6.15. The lowest BCUT2D eigenvalue weighted by molar-refractivity contribution is 0.669. The summed E-state index contributed by atoms with van der Waals surface area (Å²) in [6.07, 6.45) is 0. The smallest absolute Gasteiger partial charge is 0.135 e. The zero-order chi connectivity index (χ0) is 32.1. The van der Waals surface area contributed by atoms with Gasteiger partial charge >= 0.3 is 0 Å².